The monoisotopic (exact) mass is 399 g/mol. The molecule has 30 heavy (non-hydrogen) atoms. The van der Waals surface area contributed by atoms with Crippen molar-refractivity contribution in [1.29, 1.82) is 0 Å². The summed E-state index contributed by atoms with van der Waals surface area (Å²) in [7, 11) is 1.84. The number of hydrogen-bond donors (Lipinski definition) is 1. The number of hydrogen-bond acceptors (Lipinski definition) is 5. The third-order valence-corrected chi connectivity index (χ3v) is 5.14. The Morgan fingerprint density at radius 1 is 1.17 bits per heavy atom. The first kappa shape index (κ1) is 19.6. The third-order valence-electron chi connectivity index (χ3n) is 5.14. The molecule has 3 aromatic rings. The standard InChI is InChI=1S/C23H21N5O2/c1-4-30-15-6-8-17(20(10-15)25-2)23-19(12-27-28(23)3)14-5-7-16-18(9-14)21(11-24)26-13-22(16)29/h5-10,12H,4,11,13,24H2,1,3H3. The van der Waals surface area contributed by atoms with E-state index in [-0.39, 0.29) is 18.9 Å². The zero-order chi connectivity index (χ0) is 21.3. The van der Waals surface area contributed by atoms with Gasteiger partial charge >= 0.3 is 0 Å². The summed E-state index contributed by atoms with van der Waals surface area (Å²) in [5.74, 6) is 0.647. The Kier molecular flexibility index (Phi) is 5.17. The summed E-state index contributed by atoms with van der Waals surface area (Å²) in [6.45, 7) is 10.5. The van der Waals surface area contributed by atoms with E-state index in [0.29, 0.717) is 23.6 Å². The summed E-state index contributed by atoms with van der Waals surface area (Å²) in [5.41, 5.74) is 11.8. The van der Waals surface area contributed by atoms with Gasteiger partial charge in [-0.05, 0) is 30.7 Å². The Bertz CT molecular complexity index is 1220. The molecule has 0 unspecified atom stereocenters. The van der Waals surface area contributed by atoms with Gasteiger partial charge in [0, 0.05) is 35.8 Å². The second-order valence-corrected chi connectivity index (χ2v) is 6.90. The molecule has 1 aromatic heterocycles. The Morgan fingerprint density at radius 3 is 2.70 bits per heavy atom. The van der Waals surface area contributed by atoms with Crippen molar-refractivity contribution in [2.24, 2.45) is 17.8 Å². The number of aromatic nitrogens is 2. The van der Waals surface area contributed by atoms with E-state index in [4.69, 9.17) is 17.0 Å². The van der Waals surface area contributed by atoms with Gasteiger partial charge in [-0.3, -0.25) is 14.5 Å². The topological polar surface area (TPSA) is 86.9 Å². The van der Waals surface area contributed by atoms with Gasteiger partial charge in [0.1, 0.15) is 12.3 Å². The zero-order valence-electron chi connectivity index (χ0n) is 16.8. The molecule has 2 N–H and O–H groups in total. The van der Waals surface area contributed by atoms with Gasteiger partial charge in [0.2, 0.25) is 0 Å². The molecule has 2 aromatic carbocycles. The summed E-state index contributed by atoms with van der Waals surface area (Å²) in [5, 5.41) is 4.43. The van der Waals surface area contributed by atoms with Gasteiger partial charge in [-0.25, -0.2) is 4.85 Å². The van der Waals surface area contributed by atoms with E-state index < -0.39 is 0 Å². The van der Waals surface area contributed by atoms with E-state index in [2.05, 4.69) is 14.9 Å². The molecular weight excluding hydrogens is 378 g/mol. The lowest BCUT2D eigenvalue weighted by Crippen LogP contribution is -2.24. The number of carbonyl (C=O) groups is 1. The van der Waals surface area contributed by atoms with Crippen LogP contribution in [0.3, 0.4) is 0 Å². The van der Waals surface area contributed by atoms with Crippen molar-refractivity contribution in [3.8, 4) is 28.1 Å². The minimum atomic E-state index is -0.0121. The van der Waals surface area contributed by atoms with Crippen LogP contribution in [0.1, 0.15) is 22.8 Å². The van der Waals surface area contributed by atoms with E-state index in [9.17, 15) is 4.79 Å². The smallest absolute Gasteiger partial charge is 0.200 e. The number of rotatable bonds is 5. The number of fused-ring (bicyclic) bond motifs is 1. The molecule has 7 heteroatoms. The molecule has 2 heterocycles. The average molecular weight is 399 g/mol. The highest BCUT2D eigenvalue weighted by atomic mass is 16.5. The molecule has 0 fully saturated rings. The van der Waals surface area contributed by atoms with E-state index in [0.717, 1.165) is 33.7 Å². The van der Waals surface area contributed by atoms with Crippen molar-refractivity contribution < 1.29 is 9.53 Å². The quantitative estimate of drug-likeness (QED) is 0.664. The van der Waals surface area contributed by atoms with Crippen molar-refractivity contribution >= 4 is 17.2 Å². The molecule has 0 radical (unpaired) electrons. The van der Waals surface area contributed by atoms with Gasteiger partial charge in [0.15, 0.2) is 11.5 Å². The lowest BCUT2D eigenvalue weighted by Gasteiger charge is -2.17. The summed E-state index contributed by atoms with van der Waals surface area (Å²) >= 11 is 0. The molecule has 0 saturated heterocycles. The van der Waals surface area contributed by atoms with E-state index >= 15 is 0 Å². The van der Waals surface area contributed by atoms with Crippen LogP contribution in [-0.4, -0.2) is 41.0 Å². The number of nitrogens with two attached hydrogens (primary N) is 1. The number of ether oxygens (including phenoxy) is 1. The first-order valence-electron chi connectivity index (χ1n) is 9.65. The second-order valence-electron chi connectivity index (χ2n) is 6.90. The van der Waals surface area contributed by atoms with Gasteiger partial charge < -0.3 is 10.5 Å². The third kappa shape index (κ3) is 3.27. The highest BCUT2D eigenvalue weighted by Crippen LogP contribution is 2.39. The van der Waals surface area contributed by atoms with Crippen LogP contribution in [0, 0.1) is 6.57 Å². The molecule has 150 valence electrons. The summed E-state index contributed by atoms with van der Waals surface area (Å²) in [4.78, 5) is 20.3. The summed E-state index contributed by atoms with van der Waals surface area (Å²) in [6.07, 6.45) is 1.77. The Hall–Kier alpha value is -3.76. The highest BCUT2D eigenvalue weighted by Gasteiger charge is 2.22. The van der Waals surface area contributed by atoms with Crippen LogP contribution in [0.2, 0.25) is 0 Å². The Balaban J connectivity index is 1.87. The largest absolute Gasteiger partial charge is 0.495 e. The van der Waals surface area contributed by atoms with Crippen LogP contribution >= 0.6 is 0 Å². The van der Waals surface area contributed by atoms with Crippen molar-refractivity contribution in [1.82, 2.24) is 9.78 Å². The van der Waals surface area contributed by atoms with E-state index in [1.165, 1.54) is 0 Å². The fraction of sp³-hybridized carbons (Fsp3) is 0.217. The number of aryl methyl sites for hydroxylation is 1. The Morgan fingerprint density at radius 2 is 1.97 bits per heavy atom. The molecule has 0 spiro atoms. The van der Waals surface area contributed by atoms with Crippen molar-refractivity contribution in [2.75, 3.05) is 19.7 Å². The highest BCUT2D eigenvalue weighted by molar-refractivity contribution is 6.16. The molecule has 4 rings (SSSR count). The molecular formula is C23H21N5O2. The number of carbonyl (C=O) groups excluding carboxylic acids is 1. The zero-order valence-corrected chi connectivity index (χ0v) is 16.8. The average Bonchev–Trinajstić information content (AvgIpc) is 3.15. The van der Waals surface area contributed by atoms with Crippen molar-refractivity contribution in [2.45, 2.75) is 6.92 Å². The SMILES string of the molecule is [C-]#[N+]c1cc(OCC)ccc1-c1c(-c2ccc3c(c2)C(CN)=NCC3=O)cnn1C. The first-order valence-corrected chi connectivity index (χ1v) is 9.65. The minimum Gasteiger partial charge on any atom is -0.495 e. The molecule has 0 saturated carbocycles. The van der Waals surface area contributed by atoms with Gasteiger partial charge in [-0.2, -0.15) is 5.10 Å². The number of ketones is 1. The molecule has 0 amide bonds. The van der Waals surface area contributed by atoms with Crippen molar-refractivity contribution in [3.05, 3.63) is 65.1 Å². The lowest BCUT2D eigenvalue weighted by atomic mass is 9.91. The normalized spacial score (nSPS) is 12.9. The molecule has 1 aliphatic heterocycles. The molecule has 1 aliphatic rings. The predicted molar refractivity (Wildman–Crippen MR) is 116 cm³/mol. The Labute approximate surface area is 174 Å². The van der Waals surface area contributed by atoms with Crippen LogP contribution in [0.25, 0.3) is 27.2 Å². The van der Waals surface area contributed by atoms with Gasteiger partial charge in [0.25, 0.3) is 0 Å². The molecule has 7 nitrogen and oxygen atoms in total. The number of nitrogens with zero attached hydrogens (tertiary/aromatic N) is 4. The van der Waals surface area contributed by atoms with Crippen LogP contribution in [0.4, 0.5) is 5.69 Å². The summed E-state index contributed by atoms with van der Waals surface area (Å²) < 4.78 is 7.29. The van der Waals surface area contributed by atoms with Gasteiger partial charge in [0.05, 0.1) is 30.8 Å². The van der Waals surface area contributed by atoms with Crippen LogP contribution < -0.4 is 10.5 Å². The van der Waals surface area contributed by atoms with Crippen LogP contribution in [0.15, 0.2) is 47.6 Å². The number of aliphatic imine (C=N–C) groups is 1. The van der Waals surface area contributed by atoms with E-state index in [1.807, 2.05) is 44.3 Å². The fourth-order valence-electron chi connectivity index (χ4n) is 3.73. The second kappa shape index (κ2) is 7.93. The predicted octanol–water partition coefficient (Wildman–Crippen LogP) is 3.65. The number of benzene rings is 2. The maximum absolute atomic E-state index is 12.2. The maximum Gasteiger partial charge on any atom is 0.200 e. The van der Waals surface area contributed by atoms with Gasteiger partial charge in [-0.15, -0.1) is 0 Å². The molecule has 0 aliphatic carbocycles. The minimum absolute atomic E-state index is 0.0121. The van der Waals surface area contributed by atoms with Crippen LogP contribution in [-0.2, 0) is 7.05 Å². The van der Waals surface area contributed by atoms with Crippen LogP contribution in [0.5, 0.6) is 5.75 Å². The fourth-order valence-corrected chi connectivity index (χ4v) is 3.73. The summed E-state index contributed by atoms with van der Waals surface area (Å²) in [6, 6.07) is 11.1. The molecule has 0 bridgehead atoms. The maximum atomic E-state index is 12.2. The number of Topliss-reactive ketones (excluding diaryl/α,β-unsaturated/α-hetero) is 1. The molecule has 0 atom stereocenters. The van der Waals surface area contributed by atoms with Crippen molar-refractivity contribution in [3.63, 3.8) is 0 Å². The first-order chi connectivity index (χ1) is 14.6. The van der Waals surface area contributed by atoms with Gasteiger partial charge in [-0.1, -0.05) is 18.2 Å². The lowest BCUT2D eigenvalue weighted by molar-refractivity contribution is 0.1000. The van der Waals surface area contributed by atoms with E-state index in [1.54, 1.807) is 16.9 Å².